The van der Waals surface area contributed by atoms with Crippen LogP contribution in [0.4, 0.5) is 0 Å². The molecule has 2 rings (SSSR count). The van der Waals surface area contributed by atoms with Crippen LogP contribution in [0.1, 0.15) is 44.7 Å². The quantitative estimate of drug-likeness (QED) is 0.784. The molecule has 20 heavy (non-hydrogen) atoms. The van der Waals surface area contributed by atoms with Crippen molar-refractivity contribution in [3.05, 3.63) is 35.9 Å². The van der Waals surface area contributed by atoms with Gasteiger partial charge in [-0.2, -0.15) is 0 Å². The number of aliphatic hydroxyl groups excluding tert-OH is 1. The number of nitrogens with one attached hydrogen (secondary N) is 1. The molecule has 1 aliphatic rings. The van der Waals surface area contributed by atoms with Gasteiger partial charge in [0, 0.05) is 12.6 Å². The second kappa shape index (κ2) is 7.77. The first kappa shape index (κ1) is 15.5. The van der Waals surface area contributed by atoms with Crippen LogP contribution < -0.4 is 5.32 Å². The predicted molar refractivity (Wildman–Crippen MR) is 83.5 cm³/mol. The van der Waals surface area contributed by atoms with Gasteiger partial charge >= 0.3 is 0 Å². The normalized spacial score (nSPS) is 20.0. The van der Waals surface area contributed by atoms with E-state index in [2.05, 4.69) is 34.5 Å². The Bertz CT molecular complexity index is 374. The molecule has 1 aromatic rings. The van der Waals surface area contributed by atoms with Crippen molar-refractivity contribution in [1.29, 1.82) is 0 Å². The molecule has 0 saturated carbocycles. The van der Waals surface area contributed by atoms with Gasteiger partial charge in [0.05, 0.1) is 0 Å². The van der Waals surface area contributed by atoms with Crippen molar-refractivity contribution in [2.75, 3.05) is 19.6 Å². The van der Waals surface area contributed by atoms with Crippen LogP contribution in [-0.2, 0) is 0 Å². The van der Waals surface area contributed by atoms with Gasteiger partial charge in [-0.05, 0) is 37.4 Å². The minimum atomic E-state index is -0.454. The van der Waals surface area contributed by atoms with E-state index in [0.717, 1.165) is 6.54 Å². The number of likely N-dealkylation sites (tertiary alicyclic amines) is 1. The summed E-state index contributed by atoms with van der Waals surface area (Å²) >= 11 is 0. The third-order valence-corrected chi connectivity index (χ3v) is 4.09. The molecule has 1 saturated heterocycles. The van der Waals surface area contributed by atoms with Crippen LogP contribution in [0.3, 0.4) is 0 Å². The molecule has 1 unspecified atom stereocenters. The summed E-state index contributed by atoms with van der Waals surface area (Å²) in [6.45, 7) is 7.43. The zero-order chi connectivity index (χ0) is 14.4. The first-order chi connectivity index (χ1) is 9.66. The first-order valence-corrected chi connectivity index (χ1v) is 7.88. The summed E-state index contributed by atoms with van der Waals surface area (Å²) in [5, 5.41) is 13.6. The molecular formula is C17H28N2O. The predicted octanol–water partition coefficient (Wildman–Crippen LogP) is 2.78. The van der Waals surface area contributed by atoms with Crippen LogP contribution in [0.5, 0.6) is 0 Å². The zero-order valence-electron chi connectivity index (χ0n) is 12.8. The van der Waals surface area contributed by atoms with E-state index in [4.69, 9.17) is 0 Å². The van der Waals surface area contributed by atoms with Crippen molar-refractivity contribution in [1.82, 2.24) is 10.2 Å². The Hall–Kier alpha value is -0.900. The van der Waals surface area contributed by atoms with E-state index >= 15 is 0 Å². The van der Waals surface area contributed by atoms with E-state index in [0.29, 0.717) is 0 Å². The van der Waals surface area contributed by atoms with Gasteiger partial charge in [-0.25, -0.2) is 0 Å². The summed E-state index contributed by atoms with van der Waals surface area (Å²) in [7, 11) is 0. The molecule has 112 valence electrons. The lowest BCUT2D eigenvalue weighted by Gasteiger charge is -2.33. The highest BCUT2D eigenvalue weighted by molar-refractivity contribution is 5.19. The maximum atomic E-state index is 10.2. The number of hydrogen-bond donors (Lipinski definition) is 2. The van der Waals surface area contributed by atoms with Crippen molar-refractivity contribution in [2.24, 2.45) is 5.92 Å². The summed E-state index contributed by atoms with van der Waals surface area (Å²) in [6.07, 6.45) is 3.50. The summed E-state index contributed by atoms with van der Waals surface area (Å²) in [5.41, 5.74) is 1.26. The van der Waals surface area contributed by atoms with Gasteiger partial charge < -0.3 is 10.0 Å². The van der Waals surface area contributed by atoms with E-state index in [9.17, 15) is 5.11 Å². The van der Waals surface area contributed by atoms with Crippen LogP contribution in [0.15, 0.2) is 30.3 Å². The highest BCUT2D eigenvalue weighted by Gasteiger charge is 2.21. The Morgan fingerprint density at radius 2 is 1.75 bits per heavy atom. The average Bonchev–Trinajstić information content (AvgIpc) is 2.48. The monoisotopic (exact) mass is 276 g/mol. The average molecular weight is 276 g/mol. The molecule has 0 amide bonds. The lowest BCUT2D eigenvalue weighted by molar-refractivity contribution is 0.0676. The standard InChI is InChI=1S/C17H28N2O/c1-14(2)17(20)18-16(15-9-5-3-6-10-15)13-19-11-7-4-8-12-19/h3,5-6,9-10,14,16-18,20H,4,7-8,11-13H2,1-2H3/t16-,17?/m0/s1. The highest BCUT2D eigenvalue weighted by Crippen LogP contribution is 2.19. The van der Waals surface area contributed by atoms with E-state index in [1.54, 1.807) is 0 Å². The highest BCUT2D eigenvalue weighted by atomic mass is 16.3. The molecule has 3 nitrogen and oxygen atoms in total. The van der Waals surface area contributed by atoms with Gasteiger partial charge in [0.2, 0.25) is 0 Å². The molecular weight excluding hydrogens is 248 g/mol. The van der Waals surface area contributed by atoms with Crippen LogP contribution in [0.2, 0.25) is 0 Å². The topological polar surface area (TPSA) is 35.5 Å². The zero-order valence-corrected chi connectivity index (χ0v) is 12.8. The largest absolute Gasteiger partial charge is 0.378 e. The number of rotatable bonds is 6. The molecule has 0 aliphatic carbocycles. The van der Waals surface area contributed by atoms with E-state index in [1.807, 2.05) is 19.9 Å². The van der Waals surface area contributed by atoms with E-state index in [1.165, 1.54) is 37.9 Å². The number of hydrogen-bond acceptors (Lipinski definition) is 3. The summed E-state index contributed by atoms with van der Waals surface area (Å²) in [5.74, 6) is 0.225. The summed E-state index contributed by atoms with van der Waals surface area (Å²) < 4.78 is 0. The summed E-state index contributed by atoms with van der Waals surface area (Å²) in [4.78, 5) is 2.52. The fraction of sp³-hybridized carbons (Fsp3) is 0.647. The smallest absolute Gasteiger partial charge is 0.107 e. The van der Waals surface area contributed by atoms with E-state index in [-0.39, 0.29) is 12.0 Å². The van der Waals surface area contributed by atoms with Gasteiger partial charge in [0.15, 0.2) is 0 Å². The lowest BCUT2D eigenvalue weighted by Crippen LogP contribution is -2.43. The Balaban J connectivity index is 2.03. The minimum absolute atomic E-state index is 0.201. The molecule has 1 heterocycles. The first-order valence-electron chi connectivity index (χ1n) is 7.88. The third-order valence-electron chi connectivity index (χ3n) is 4.09. The van der Waals surface area contributed by atoms with Crippen LogP contribution >= 0.6 is 0 Å². The number of nitrogens with zero attached hydrogens (tertiary/aromatic N) is 1. The van der Waals surface area contributed by atoms with Gasteiger partial charge in [0.25, 0.3) is 0 Å². The van der Waals surface area contributed by atoms with Crippen LogP contribution in [0, 0.1) is 5.92 Å². The fourth-order valence-electron chi connectivity index (χ4n) is 2.74. The number of benzene rings is 1. The van der Waals surface area contributed by atoms with Crippen LogP contribution in [0.25, 0.3) is 0 Å². The third kappa shape index (κ3) is 4.58. The molecule has 0 aromatic heterocycles. The number of aliphatic hydroxyl groups is 1. The van der Waals surface area contributed by atoms with Gasteiger partial charge in [-0.1, -0.05) is 50.6 Å². The Morgan fingerprint density at radius 3 is 2.35 bits per heavy atom. The second-order valence-electron chi connectivity index (χ2n) is 6.18. The molecule has 2 atom stereocenters. The molecule has 0 radical (unpaired) electrons. The van der Waals surface area contributed by atoms with Crippen LogP contribution in [-0.4, -0.2) is 35.9 Å². The SMILES string of the molecule is CC(C)C(O)N[C@@H](CN1CCCCC1)c1ccccc1. The fourth-order valence-corrected chi connectivity index (χ4v) is 2.74. The Morgan fingerprint density at radius 1 is 1.10 bits per heavy atom. The maximum absolute atomic E-state index is 10.2. The van der Waals surface area contributed by atoms with Crippen molar-refractivity contribution in [3.8, 4) is 0 Å². The van der Waals surface area contributed by atoms with Crippen molar-refractivity contribution in [2.45, 2.75) is 45.4 Å². The van der Waals surface area contributed by atoms with Gasteiger partial charge in [-0.15, -0.1) is 0 Å². The van der Waals surface area contributed by atoms with E-state index < -0.39 is 6.23 Å². The molecule has 1 fully saturated rings. The van der Waals surface area contributed by atoms with Crippen molar-refractivity contribution < 1.29 is 5.11 Å². The maximum Gasteiger partial charge on any atom is 0.107 e. The summed E-state index contributed by atoms with van der Waals surface area (Å²) in [6, 6.07) is 10.7. The molecule has 2 N–H and O–H groups in total. The Labute approximate surface area is 123 Å². The molecule has 3 heteroatoms. The number of piperidine rings is 1. The molecule has 0 spiro atoms. The molecule has 1 aromatic carbocycles. The molecule has 0 bridgehead atoms. The lowest BCUT2D eigenvalue weighted by atomic mass is 10.0. The van der Waals surface area contributed by atoms with Gasteiger partial charge in [-0.3, -0.25) is 5.32 Å². The van der Waals surface area contributed by atoms with Crippen molar-refractivity contribution in [3.63, 3.8) is 0 Å². The van der Waals surface area contributed by atoms with Gasteiger partial charge in [0.1, 0.15) is 6.23 Å². The minimum Gasteiger partial charge on any atom is -0.378 e. The van der Waals surface area contributed by atoms with Crippen molar-refractivity contribution >= 4 is 0 Å². The molecule has 1 aliphatic heterocycles. The second-order valence-corrected chi connectivity index (χ2v) is 6.18. The Kier molecular flexibility index (Phi) is 6.02.